The van der Waals surface area contributed by atoms with Crippen molar-refractivity contribution in [3.8, 4) is 0 Å². The van der Waals surface area contributed by atoms with Crippen molar-refractivity contribution in [3.63, 3.8) is 0 Å². The Balaban J connectivity index is 1.81. The van der Waals surface area contributed by atoms with E-state index in [0.29, 0.717) is 22.4 Å². The van der Waals surface area contributed by atoms with Gasteiger partial charge in [-0.15, -0.1) is 0 Å². The van der Waals surface area contributed by atoms with E-state index in [1.54, 1.807) is 6.07 Å². The maximum Gasteiger partial charge on any atom is 0.191 e. The van der Waals surface area contributed by atoms with Crippen molar-refractivity contribution in [2.45, 2.75) is 36.9 Å². The van der Waals surface area contributed by atoms with Crippen LogP contribution in [0.15, 0.2) is 23.4 Å². The zero-order valence-electron chi connectivity index (χ0n) is 14.6. The van der Waals surface area contributed by atoms with Gasteiger partial charge in [0.05, 0.1) is 5.56 Å². The molecule has 2 atom stereocenters. The molecule has 1 unspecified atom stereocenters. The third-order valence-corrected chi connectivity index (χ3v) is 4.83. The molecule has 3 rings (SSSR count). The molecular weight excluding hydrogens is 356 g/mol. The highest BCUT2D eigenvalue weighted by Gasteiger charge is 2.39. The highest BCUT2D eigenvalue weighted by molar-refractivity contribution is 7.98. The summed E-state index contributed by atoms with van der Waals surface area (Å²) < 4.78 is 26.6. The van der Waals surface area contributed by atoms with Crippen LogP contribution in [0.3, 0.4) is 0 Å². The van der Waals surface area contributed by atoms with Gasteiger partial charge >= 0.3 is 0 Å². The van der Waals surface area contributed by atoms with Crippen LogP contribution in [0, 0.1) is 17.0 Å². The number of hydrogen-bond acceptors (Lipinski definition) is 6. The van der Waals surface area contributed by atoms with E-state index in [9.17, 15) is 8.78 Å². The first-order valence-corrected chi connectivity index (χ1v) is 9.71. The number of benzene rings is 1. The van der Waals surface area contributed by atoms with Crippen LogP contribution in [0.5, 0.6) is 0 Å². The Bertz CT molecular complexity index is 814. The van der Waals surface area contributed by atoms with Crippen molar-refractivity contribution >= 4 is 29.6 Å². The van der Waals surface area contributed by atoms with Gasteiger partial charge in [0.2, 0.25) is 0 Å². The van der Waals surface area contributed by atoms with E-state index in [-0.39, 0.29) is 12.0 Å². The number of anilines is 2. The maximum absolute atomic E-state index is 13.5. The largest absolute Gasteiger partial charge is 0.369 e. The first-order chi connectivity index (χ1) is 12.6. The van der Waals surface area contributed by atoms with Crippen molar-refractivity contribution in [1.29, 1.82) is 5.41 Å². The van der Waals surface area contributed by atoms with Gasteiger partial charge in [-0.25, -0.2) is 18.7 Å². The lowest BCUT2D eigenvalue weighted by Crippen LogP contribution is -2.13. The summed E-state index contributed by atoms with van der Waals surface area (Å²) in [6.07, 6.45) is 4.88. The summed E-state index contributed by atoms with van der Waals surface area (Å²) in [5.74, 6) is -0.340. The van der Waals surface area contributed by atoms with E-state index in [4.69, 9.17) is 5.41 Å². The van der Waals surface area contributed by atoms with Crippen LogP contribution in [0.1, 0.15) is 36.8 Å². The van der Waals surface area contributed by atoms with Gasteiger partial charge in [-0.3, -0.25) is 0 Å². The van der Waals surface area contributed by atoms with E-state index < -0.39 is 11.6 Å². The van der Waals surface area contributed by atoms with Crippen LogP contribution in [0.2, 0.25) is 0 Å². The zero-order chi connectivity index (χ0) is 18.7. The summed E-state index contributed by atoms with van der Waals surface area (Å²) in [4.78, 5) is 8.93. The highest BCUT2D eigenvalue weighted by atomic mass is 32.2. The molecule has 0 saturated heterocycles. The van der Waals surface area contributed by atoms with Crippen LogP contribution < -0.4 is 10.6 Å². The molecule has 2 aromatic rings. The molecule has 0 aliphatic heterocycles. The average molecular weight is 377 g/mol. The molecule has 8 heteroatoms. The zero-order valence-corrected chi connectivity index (χ0v) is 15.5. The van der Waals surface area contributed by atoms with Crippen molar-refractivity contribution in [2.75, 3.05) is 23.4 Å². The van der Waals surface area contributed by atoms with Crippen LogP contribution >= 0.6 is 11.8 Å². The number of nitrogens with one attached hydrogen (secondary N) is 3. The van der Waals surface area contributed by atoms with Crippen LogP contribution in [-0.4, -0.2) is 35.0 Å². The first-order valence-electron chi connectivity index (χ1n) is 8.49. The molecule has 1 aromatic heterocycles. The Hall–Kier alpha value is -2.22. The molecule has 0 amide bonds. The fourth-order valence-corrected chi connectivity index (χ4v) is 3.17. The lowest BCUT2D eigenvalue weighted by Gasteiger charge is -2.14. The quantitative estimate of drug-likeness (QED) is 0.364. The summed E-state index contributed by atoms with van der Waals surface area (Å²) in [6.45, 7) is 2.82. The fraction of sp³-hybridized carbons (Fsp3) is 0.389. The molecule has 5 nitrogen and oxygen atoms in total. The third kappa shape index (κ3) is 3.95. The maximum atomic E-state index is 13.5. The van der Waals surface area contributed by atoms with Crippen molar-refractivity contribution in [3.05, 3.63) is 41.0 Å². The Morgan fingerprint density at radius 3 is 2.69 bits per heavy atom. The molecule has 0 bridgehead atoms. The van der Waals surface area contributed by atoms with E-state index in [1.807, 2.05) is 6.26 Å². The Kier molecular flexibility index (Phi) is 5.70. The number of nitrogens with zero attached hydrogens (tertiary/aromatic N) is 2. The van der Waals surface area contributed by atoms with Gasteiger partial charge in [0.1, 0.15) is 11.6 Å². The molecule has 0 spiro atoms. The Morgan fingerprint density at radius 2 is 2.04 bits per heavy atom. The lowest BCUT2D eigenvalue weighted by atomic mass is 10.1. The minimum Gasteiger partial charge on any atom is -0.369 e. The van der Waals surface area contributed by atoms with E-state index in [1.165, 1.54) is 24.0 Å². The monoisotopic (exact) mass is 377 g/mol. The van der Waals surface area contributed by atoms with Crippen molar-refractivity contribution in [1.82, 2.24) is 9.97 Å². The molecule has 3 N–H and O–H groups in total. The predicted molar refractivity (Wildman–Crippen MR) is 102 cm³/mol. The van der Waals surface area contributed by atoms with E-state index >= 15 is 0 Å². The van der Waals surface area contributed by atoms with Crippen LogP contribution in [-0.2, 0) is 0 Å². The number of rotatable bonds is 8. The smallest absolute Gasteiger partial charge is 0.191 e. The second-order valence-corrected chi connectivity index (χ2v) is 6.93. The van der Waals surface area contributed by atoms with Gasteiger partial charge in [-0.05, 0) is 36.8 Å². The molecule has 138 valence electrons. The predicted octanol–water partition coefficient (Wildman–Crippen LogP) is 4.26. The second-order valence-electron chi connectivity index (χ2n) is 6.16. The fourth-order valence-electron chi connectivity index (χ4n) is 2.81. The summed E-state index contributed by atoms with van der Waals surface area (Å²) in [6, 6.07) is 4.10. The molecule has 1 aromatic carbocycles. The van der Waals surface area contributed by atoms with Gasteiger partial charge in [0.25, 0.3) is 0 Å². The van der Waals surface area contributed by atoms with Crippen LogP contribution in [0.25, 0.3) is 0 Å². The minimum absolute atomic E-state index is 0.0715. The van der Waals surface area contributed by atoms with Gasteiger partial charge in [-0.1, -0.05) is 24.8 Å². The van der Waals surface area contributed by atoms with Crippen LogP contribution in [0.4, 0.5) is 20.4 Å². The summed E-state index contributed by atoms with van der Waals surface area (Å²) in [5.41, 5.74) is 1.37. The molecule has 1 fully saturated rings. The number of thioether (sulfide) groups is 1. The number of aromatic nitrogens is 2. The van der Waals surface area contributed by atoms with E-state index in [0.717, 1.165) is 31.0 Å². The number of hydrogen-bond donors (Lipinski definition) is 3. The van der Waals surface area contributed by atoms with Gasteiger partial charge < -0.3 is 16.0 Å². The van der Waals surface area contributed by atoms with E-state index in [2.05, 4.69) is 27.5 Å². The standard InChI is InChI=1S/C18H21F2N5S/c1-3-6-22-16-12(9-21)17(25-18(24-16)26-2)23-15-8-11(15)10-4-5-13(19)14(20)7-10/h4-5,7,9,11,15,21H,3,6,8H2,1-2H3,(H2,22,23,24,25)/t11?,15-/m1/s1. The SMILES string of the molecule is CCCNc1nc(SC)nc(N[C@@H]2CC2c2ccc(F)c(F)c2)c1C=N. The summed E-state index contributed by atoms with van der Waals surface area (Å²) in [7, 11) is 0. The minimum atomic E-state index is -0.836. The second kappa shape index (κ2) is 7.99. The molecular formula is C18H21F2N5S. The third-order valence-electron chi connectivity index (χ3n) is 4.28. The Labute approximate surface area is 155 Å². The van der Waals surface area contributed by atoms with Gasteiger partial charge in [0, 0.05) is 24.7 Å². The highest BCUT2D eigenvalue weighted by Crippen LogP contribution is 2.43. The topological polar surface area (TPSA) is 73.7 Å². The summed E-state index contributed by atoms with van der Waals surface area (Å²) in [5, 5.41) is 14.9. The number of halogens is 2. The average Bonchev–Trinajstić information content (AvgIpc) is 3.40. The van der Waals surface area contributed by atoms with Crippen molar-refractivity contribution in [2.24, 2.45) is 0 Å². The lowest BCUT2D eigenvalue weighted by molar-refractivity contribution is 0.507. The molecule has 1 heterocycles. The molecule has 1 saturated carbocycles. The van der Waals surface area contributed by atoms with Gasteiger partial charge in [0.15, 0.2) is 16.8 Å². The summed E-state index contributed by atoms with van der Waals surface area (Å²) >= 11 is 1.43. The molecule has 1 aliphatic carbocycles. The molecule has 26 heavy (non-hydrogen) atoms. The normalized spacial score (nSPS) is 18.5. The van der Waals surface area contributed by atoms with Gasteiger partial charge in [-0.2, -0.15) is 0 Å². The molecule has 1 aliphatic rings. The Morgan fingerprint density at radius 1 is 1.27 bits per heavy atom. The van der Waals surface area contributed by atoms with Crippen molar-refractivity contribution < 1.29 is 8.78 Å². The molecule has 0 radical (unpaired) electrons. The first kappa shape index (κ1) is 18.6.